The van der Waals surface area contributed by atoms with E-state index in [2.05, 4.69) is 16.0 Å². The monoisotopic (exact) mass is 499 g/mol. The number of hydrogen-bond donors (Lipinski definition) is 5. The second-order valence-electron chi connectivity index (χ2n) is 11.2. The molecule has 4 rings (SSSR count). The van der Waals surface area contributed by atoms with Gasteiger partial charge in [-0.2, -0.15) is 0 Å². The van der Waals surface area contributed by atoms with Crippen molar-refractivity contribution < 1.29 is 18.4 Å². The number of hydrogen-bond acceptors (Lipinski definition) is 7. The third-order valence-corrected chi connectivity index (χ3v) is 8.94. The Kier molecular flexibility index (Phi) is 8.32. The van der Waals surface area contributed by atoms with E-state index >= 15 is 4.39 Å². The second-order valence-corrected chi connectivity index (χ2v) is 11.2. The SMILES string of the molecule is CCC1(C)CCC(F)CNC1C(C(=O)NC1CNCC(F)C1N1CC(=O)N2CCCC2C1)C(N)N. The number of nitrogens with zero attached hydrogens (tertiary/aromatic N) is 2. The van der Waals surface area contributed by atoms with Gasteiger partial charge in [0.15, 0.2) is 0 Å². The molecule has 8 atom stereocenters. The third kappa shape index (κ3) is 5.49. The van der Waals surface area contributed by atoms with Gasteiger partial charge in [0.1, 0.15) is 12.3 Å². The Bertz CT molecular complexity index is 774. The third-order valence-electron chi connectivity index (χ3n) is 8.94. The van der Waals surface area contributed by atoms with Gasteiger partial charge < -0.3 is 32.3 Å². The van der Waals surface area contributed by atoms with E-state index < -0.39 is 42.6 Å². The maximum Gasteiger partial charge on any atom is 0.237 e. The molecule has 200 valence electrons. The fraction of sp³-hybridized carbons (Fsp3) is 0.917. The lowest BCUT2D eigenvalue weighted by Crippen LogP contribution is -2.70. The second kappa shape index (κ2) is 10.9. The number of nitrogens with one attached hydrogen (secondary N) is 3. The average Bonchev–Trinajstić information content (AvgIpc) is 3.23. The molecule has 0 aromatic carbocycles. The lowest BCUT2D eigenvalue weighted by atomic mass is 9.70. The molecule has 0 aromatic rings. The highest BCUT2D eigenvalue weighted by Gasteiger charge is 2.48. The standard InChI is InChI=1S/C24H43F2N7O2/c1-3-24(2)7-6-14(25)9-30-21(24)19(22(27)28)23(35)31-17-11-29-10-16(26)20(17)32-12-15-5-4-8-33(15)18(34)13-32/h14-17,19-22,29-30H,3-13,27-28H2,1-2H3,(H,31,35). The van der Waals surface area contributed by atoms with Crippen LogP contribution in [0, 0.1) is 11.3 Å². The fourth-order valence-electron chi connectivity index (χ4n) is 6.70. The lowest BCUT2D eigenvalue weighted by molar-refractivity contribution is -0.140. The minimum Gasteiger partial charge on any atom is -0.350 e. The van der Waals surface area contributed by atoms with Crippen molar-refractivity contribution in [1.29, 1.82) is 0 Å². The van der Waals surface area contributed by atoms with E-state index in [9.17, 15) is 14.0 Å². The van der Waals surface area contributed by atoms with E-state index in [0.717, 1.165) is 25.8 Å². The number of rotatable bonds is 6. The average molecular weight is 500 g/mol. The largest absolute Gasteiger partial charge is 0.350 e. The highest BCUT2D eigenvalue weighted by molar-refractivity contribution is 5.81. The molecule has 4 saturated heterocycles. The van der Waals surface area contributed by atoms with Crippen LogP contribution in [0.5, 0.6) is 0 Å². The molecule has 35 heavy (non-hydrogen) atoms. The maximum absolute atomic E-state index is 15.3. The van der Waals surface area contributed by atoms with Crippen LogP contribution in [0.25, 0.3) is 0 Å². The smallest absolute Gasteiger partial charge is 0.237 e. The van der Waals surface area contributed by atoms with Crippen LogP contribution in [-0.2, 0) is 9.59 Å². The van der Waals surface area contributed by atoms with Crippen molar-refractivity contribution in [2.45, 2.75) is 88.6 Å². The van der Waals surface area contributed by atoms with Crippen LogP contribution in [0.1, 0.15) is 46.0 Å². The molecule has 4 aliphatic rings. The first kappa shape index (κ1) is 26.7. The normalized spacial score (nSPS) is 39.9. The van der Waals surface area contributed by atoms with Gasteiger partial charge in [-0.1, -0.05) is 13.8 Å². The first-order valence-electron chi connectivity index (χ1n) is 13.2. The number of nitrogens with two attached hydrogens (primary N) is 2. The number of carbonyl (C=O) groups excluding carboxylic acids is 2. The quantitative estimate of drug-likeness (QED) is 0.310. The Hall–Kier alpha value is -1.40. The molecule has 0 radical (unpaired) electrons. The number of amides is 2. The molecule has 7 N–H and O–H groups in total. The molecule has 8 unspecified atom stereocenters. The number of alkyl halides is 2. The number of fused-ring (bicyclic) bond motifs is 1. The fourth-order valence-corrected chi connectivity index (χ4v) is 6.70. The number of carbonyl (C=O) groups is 2. The van der Waals surface area contributed by atoms with Gasteiger partial charge in [-0.25, -0.2) is 8.78 Å². The summed E-state index contributed by atoms with van der Waals surface area (Å²) in [6.45, 7) is 6.31. The molecule has 11 heteroatoms. The Morgan fingerprint density at radius 1 is 1.26 bits per heavy atom. The molecular formula is C24H43F2N7O2. The molecule has 0 saturated carbocycles. The van der Waals surface area contributed by atoms with Gasteiger partial charge in [0.05, 0.1) is 30.7 Å². The van der Waals surface area contributed by atoms with Crippen LogP contribution < -0.4 is 27.4 Å². The van der Waals surface area contributed by atoms with Gasteiger partial charge >= 0.3 is 0 Å². The number of piperidine rings is 1. The summed E-state index contributed by atoms with van der Waals surface area (Å²) in [6, 6.07) is -1.46. The molecular weight excluding hydrogens is 456 g/mol. The van der Waals surface area contributed by atoms with Gasteiger partial charge in [0.2, 0.25) is 11.8 Å². The van der Waals surface area contributed by atoms with Crippen molar-refractivity contribution in [3.63, 3.8) is 0 Å². The Morgan fingerprint density at radius 2 is 2.03 bits per heavy atom. The van der Waals surface area contributed by atoms with Gasteiger partial charge in [0.25, 0.3) is 0 Å². The first-order valence-corrected chi connectivity index (χ1v) is 13.2. The van der Waals surface area contributed by atoms with Gasteiger partial charge in [-0.15, -0.1) is 0 Å². The minimum absolute atomic E-state index is 0.0264. The van der Waals surface area contributed by atoms with Crippen LogP contribution in [0.3, 0.4) is 0 Å². The van der Waals surface area contributed by atoms with E-state index in [1.165, 1.54) is 0 Å². The molecule has 2 amide bonds. The van der Waals surface area contributed by atoms with Crippen LogP contribution >= 0.6 is 0 Å². The highest BCUT2D eigenvalue weighted by atomic mass is 19.1. The predicted octanol–water partition coefficient (Wildman–Crippen LogP) is -0.546. The molecule has 4 fully saturated rings. The summed E-state index contributed by atoms with van der Waals surface area (Å²) < 4.78 is 29.6. The van der Waals surface area contributed by atoms with Gasteiger partial charge in [-0.3, -0.25) is 14.5 Å². The van der Waals surface area contributed by atoms with E-state index in [1.807, 2.05) is 23.6 Å². The highest BCUT2D eigenvalue weighted by Crippen LogP contribution is 2.38. The summed E-state index contributed by atoms with van der Waals surface area (Å²) in [5.74, 6) is -1.14. The van der Waals surface area contributed by atoms with Crippen molar-refractivity contribution in [3.05, 3.63) is 0 Å². The summed E-state index contributed by atoms with van der Waals surface area (Å²) in [5.41, 5.74) is 11.9. The van der Waals surface area contributed by atoms with Gasteiger partial charge in [-0.05, 0) is 37.5 Å². The molecule has 0 aliphatic carbocycles. The van der Waals surface area contributed by atoms with E-state index in [4.69, 9.17) is 11.5 Å². The van der Waals surface area contributed by atoms with Gasteiger partial charge in [0, 0.05) is 44.8 Å². The summed E-state index contributed by atoms with van der Waals surface area (Å²) in [5, 5.41) is 9.35. The molecule has 0 bridgehead atoms. The Morgan fingerprint density at radius 3 is 2.74 bits per heavy atom. The summed E-state index contributed by atoms with van der Waals surface area (Å²) in [7, 11) is 0. The Labute approximate surface area is 207 Å². The first-order chi connectivity index (χ1) is 16.6. The zero-order valence-corrected chi connectivity index (χ0v) is 21.0. The van der Waals surface area contributed by atoms with Crippen molar-refractivity contribution in [3.8, 4) is 0 Å². The Balaban J connectivity index is 1.53. The zero-order chi connectivity index (χ0) is 25.3. The van der Waals surface area contributed by atoms with Crippen molar-refractivity contribution in [1.82, 2.24) is 25.8 Å². The molecule has 0 aromatic heterocycles. The number of piperazine rings is 1. The minimum atomic E-state index is -1.23. The van der Waals surface area contributed by atoms with Crippen LogP contribution in [0.2, 0.25) is 0 Å². The molecule has 0 spiro atoms. The van der Waals surface area contributed by atoms with Crippen LogP contribution in [-0.4, -0.2) is 104 Å². The topological polar surface area (TPSA) is 129 Å². The van der Waals surface area contributed by atoms with E-state index in [1.54, 1.807) is 0 Å². The number of halogens is 2. The van der Waals surface area contributed by atoms with Crippen molar-refractivity contribution in [2.24, 2.45) is 22.8 Å². The molecule has 4 aliphatic heterocycles. The predicted molar refractivity (Wildman–Crippen MR) is 130 cm³/mol. The van der Waals surface area contributed by atoms with Crippen LogP contribution in [0.4, 0.5) is 8.78 Å². The zero-order valence-electron chi connectivity index (χ0n) is 21.0. The molecule has 4 heterocycles. The summed E-state index contributed by atoms with van der Waals surface area (Å²) >= 11 is 0. The molecule has 9 nitrogen and oxygen atoms in total. The van der Waals surface area contributed by atoms with Crippen molar-refractivity contribution in [2.75, 3.05) is 39.3 Å². The van der Waals surface area contributed by atoms with Crippen LogP contribution in [0.15, 0.2) is 0 Å². The summed E-state index contributed by atoms with van der Waals surface area (Å²) in [4.78, 5) is 30.2. The van der Waals surface area contributed by atoms with E-state index in [-0.39, 0.29) is 42.9 Å². The lowest BCUT2D eigenvalue weighted by Gasteiger charge is -2.47. The van der Waals surface area contributed by atoms with E-state index in [0.29, 0.717) is 25.9 Å². The summed E-state index contributed by atoms with van der Waals surface area (Å²) in [6.07, 6.45) is 0.475. The maximum atomic E-state index is 15.3. The van der Waals surface area contributed by atoms with Crippen molar-refractivity contribution >= 4 is 11.8 Å².